The third kappa shape index (κ3) is 1.88. The van der Waals surface area contributed by atoms with Gasteiger partial charge in [-0.2, -0.15) is 0 Å². The molecule has 0 fully saturated rings. The summed E-state index contributed by atoms with van der Waals surface area (Å²) < 4.78 is 4.90. The van der Waals surface area contributed by atoms with Crippen LogP contribution in [0.25, 0.3) is 0 Å². The molecule has 1 aliphatic carbocycles. The second-order valence-corrected chi connectivity index (χ2v) is 1.94. The van der Waals surface area contributed by atoms with Crippen LogP contribution in [0.3, 0.4) is 0 Å². The fraction of sp³-hybridized carbons (Fsp3) is 0.375. The SMILES string of the molecule is COCCC1=C=CC=C1. The molecule has 1 nitrogen and oxygen atoms in total. The molecule has 9 heavy (non-hydrogen) atoms. The molecule has 0 bridgehead atoms. The number of allylic oxidation sites excluding steroid dienone is 2. The van der Waals surface area contributed by atoms with Crippen molar-refractivity contribution in [2.45, 2.75) is 6.42 Å². The van der Waals surface area contributed by atoms with Gasteiger partial charge >= 0.3 is 0 Å². The minimum atomic E-state index is 0.792. The van der Waals surface area contributed by atoms with E-state index in [0.29, 0.717) is 0 Å². The van der Waals surface area contributed by atoms with Crippen LogP contribution >= 0.6 is 0 Å². The zero-order chi connectivity index (χ0) is 6.53. The van der Waals surface area contributed by atoms with Gasteiger partial charge in [-0.25, -0.2) is 0 Å². The van der Waals surface area contributed by atoms with Gasteiger partial charge in [0.25, 0.3) is 0 Å². The highest BCUT2D eigenvalue weighted by atomic mass is 16.5. The lowest BCUT2D eigenvalue weighted by Crippen LogP contribution is -1.87. The van der Waals surface area contributed by atoms with Crippen molar-refractivity contribution in [3.8, 4) is 0 Å². The lowest BCUT2D eigenvalue weighted by atomic mass is 10.2. The highest BCUT2D eigenvalue weighted by Gasteiger charge is 1.91. The zero-order valence-corrected chi connectivity index (χ0v) is 5.55. The average Bonchev–Trinajstić information content (AvgIpc) is 2.34. The molecule has 0 aromatic rings. The molecule has 48 valence electrons. The van der Waals surface area contributed by atoms with Gasteiger partial charge in [0.2, 0.25) is 0 Å². The van der Waals surface area contributed by atoms with Crippen LogP contribution in [0.1, 0.15) is 6.42 Å². The van der Waals surface area contributed by atoms with Crippen molar-refractivity contribution in [1.82, 2.24) is 0 Å². The smallest absolute Gasteiger partial charge is 0.0508 e. The number of hydrogen-bond donors (Lipinski definition) is 0. The molecule has 0 radical (unpaired) electrons. The summed E-state index contributed by atoms with van der Waals surface area (Å²) in [7, 11) is 1.71. The van der Waals surface area contributed by atoms with Gasteiger partial charge in [-0.15, -0.1) is 5.73 Å². The van der Waals surface area contributed by atoms with Crippen LogP contribution in [0.15, 0.2) is 29.5 Å². The number of rotatable bonds is 3. The predicted octanol–water partition coefficient (Wildman–Crippen LogP) is 1.67. The summed E-state index contributed by atoms with van der Waals surface area (Å²) in [5.74, 6) is 0. The fourth-order valence-electron chi connectivity index (χ4n) is 0.735. The van der Waals surface area contributed by atoms with Gasteiger partial charge in [-0.3, -0.25) is 0 Å². The van der Waals surface area contributed by atoms with E-state index in [-0.39, 0.29) is 0 Å². The van der Waals surface area contributed by atoms with Gasteiger partial charge in [-0.1, -0.05) is 12.2 Å². The standard InChI is InChI=1S/C8H10O/c1-9-7-6-8-4-2-3-5-8/h2-4H,6-7H2,1H3. The van der Waals surface area contributed by atoms with Gasteiger partial charge < -0.3 is 4.74 Å². The lowest BCUT2D eigenvalue weighted by molar-refractivity contribution is 0.203. The van der Waals surface area contributed by atoms with E-state index < -0.39 is 0 Å². The average molecular weight is 122 g/mol. The first-order chi connectivity index (χ1) is 4.43. The molecule has 0 aliphatic heterocycles. The Morgan fingerprint density at radius 3 is 3.11 bits per heavy atom. The van der Waals surface area contributed by atoms with Crippen LogP contribution in [0, 0.1) is 0 Å². The van der Waals surface area contributed by atoms with E-state index in [1.807, 2.05) is 12.2 Å². The Hall–Kier alpha value is -0.780. The minimum Gasteiger partial charge on any atom is -0.384 e. The summed E-state index contributed by atoms with van der Waals surface area (Å²) in [6.07, 6.45) is 6.94. The molecule has 1 aliphatic rings. The topological polar surface area (TPSA) is 9.23 Å². The Kier molecular flexibility index (Phi) is 2.32. The van der Waals surface area contributed by atoms with E-state index in [1.54, 1.807) is 7.11 Å². The Balaban J connectivity index is 2.29. The molecule has 0 aromatic carbocycles. The van der Waals surface area contributed by atoms with Gasteiger partial charge in [0.1, 0.15) is 0 Å². The normalized spacial score (nSPS) is 14.6. The molecule has 0 saturated carbocycles. The Morgan fingerprint density at radius 1 is 1.67 bits per heavy atom. The Labute approximate surface area is 55.3 Å². The Morgan fingerprint density at radius 2 is 2.56 bits per heavy atom. The number of methoxy groups -OCH3 is 1. The summed E-state index contributed by atoms with van der Waals surface area (Å²) in [6, 6.07) is 0. The van der Waals surface area contributed by atoms with Crippen molar-refractivity contribution in [3.63, 3.8) is 0 Å². The summed E-state index contributed by atoms with van der Waals surface area (Å²) >= 11 is 0. The summed E-state index contributed by atoms with van der Waals surface area (Å²) in [4.78, 5) is 0. The maximum Gasteiger partial charge on any atom is 0.0508 e. The third-order valence-corrected chi connectivity index (χ3v) is 1.24. The van der Waals surface area contributed by atoms with E-state index in [2.05, 4.69) is 11.8 Å². The first-order valence-corrected chi connectivity index (χ1v) is 3.04. The zero-order valence-electron chi connectivity index (χ0n) is 5.55. The van der Waals surface area contributed by atoms with Gasteiger partial charge in [0.05, 0.1) is 6.61 Å². The monoisotopic (exact) mass is 122 g/mol. The highest BCUT2D eigenvalue weighted by Crippen LogP contribution is 2.05. The molecule has 0 N–H and O–H groups in total. The van der Waals surface area contributed by atoms with Crippen molar-refractivity contribution >= 4 is 0 Å². The van der Waals surface area contributed by atoms with Crippen LogP contribution in [0.4, 0.5) is 0 Å². The van der Waals surface area contributed by atoms with E-state index >= 15 is 0 Å². The first-order valence-electron chi connectivity index (χ1n) is 3.04. The second-order valence-electron chi connectivity index (χ2n) is 1.94. The van der Waals surface area contributed by atoms with Crippen molar-refractivity contribution in [2.75, 3.05) is 13.7 Å². The van der Waals surface area contributed by atoms with Crippen LogP contribution in [-0.4, -0.2) is 13.7 Å². The van der Waals surface area contributed by atoms with Gasteiger partial charge in [0, 0.05) is 13.5 Å². The van der Waals surface area contributed by atoms with E-state index in [1.165, 1.54) is 5.57 Å². The van der Waals surface area contributed by atoms with Crippen LogP contribution in [-0.2, 0) is 4.74 Å². The maximum absolute atomic E-state index is 4.90. The predicted molar refractivity (Wildman–Crippen MR) is 37.2 cm³/mol. The summed E-state index contributed by atoms with van der Waals surface area (Å²) in [5.41, 5.74) is 4.33. The number of ether oxygens (including phenoxy) is 1. The third-order valence-electron chi connectivity index (χ3n) is 1.24. The quantitative estimate of drug-likeness (QED) is 0.517. The van der Waals surface area contributed by atoms with Crippen molar-refractivity contribution in [1.29, 1.82) is 0 Å². The van der Waals surface area contributed by atoms with Crippen molar-refractivity contribution < 1.29 is 4.74 Å². The molecule has 0 spiro atoms. The van der Waals surface area contributed by atoms with Crippen molar-refractivity contribution in [2.24, 2.45) is 0 Å². The summed E-state index contributed by atoms with van der Waals surface area (Å²) in [6.45, 7) is 0.792. The summed E-state index contributed by atoms with van der Waals surface area (Å²) in [5, 5.41) is 0. The molecule has 0 amide bonds. The van der Waals surface area contributed by atoms with Crippen LogP contribution < -0.4 is 0 Å². The molecular formula is C8H10O. The largest absolute Gasteiger partial charge is 0.384 e. The van der Waals surface area contributed by atoms with E-state index in [4.69, 9.17) is 4.74 Å². The molecule has 0 unspecified atom stereocenters. The number of hydrogen-bond acceptors (Lipinski definition) is 1. The molecule has 1 rings (SSSR count). The van der Waals surface area contributed by atoms with E-state index in [9.17, 15) is 0 Å². The van der Waals surface area contributed by atoms with E-state index in [0.717, 1.165) is 13.0 Å². The van der Waals surface area contributed by atoms with Gasteiger partial charge in [0.15, 0.2) is 0 Å². The maximum atomic E-state index is 4.90. The lowest BCUT2D eigenvalue weighted by Gasteiger charge is -1.93. The first kappa shape index (κ1) is 6.34. The second kappa shape index (κ2) is 3.29. The molecular weight excluding hydrogens is 112 g/mol. The highest BCUT2D eigenvalue weighted by molar-refractivity contribution is 5.28. The van der Waals surface area contributed by atoms with Crippen LogP contribution in [0.5, 0.6) is 0 Å². The Bertz CT molecular complexity index is 171. The van der Waals surface area contributed by atoms with Gasteiger partial charge in [-0.05, 0) is 11.6 Å². The molecule has 0 heterocycles. The molecule has 0 aromatic heterocycles. The molecule has 0 atom stereocenters. The molecule has 1 heteroatoms. The van der Waals surface area contributed by atoms with Crippen molar-refractivity contribution in [3.05, 3.63) is 29.5 Å². The minimum absolute atomic E-state index is 0.792. The fourth-order valence-corrected chi connectivity index (χ4v) is 0.735. The van der Waals surface area contributed by atoms with Crippen LogP contribution in [0.2, 0.25) is 0 Å². The molecule has 0 saturated heterocycles.